The van der Waals surface area contributed by atoms with E-state index in [1.165, 1.54) is 18.4 Å². The van der Waals surface area contributed by atoms with Gasteiger partial charge in [-0.2, -0.15) is 0 Å². The van der Waals surface area contributed by atoms with Gasteiger partial charge < -0.3 is 23.7 Å². The Morgan fingerprint density at radius 1 is 1.09 bits per heavy atom. The van der Waals surface area contributed by atoms with Crippen molar-refractivity contribution in [1.82, 2.24) is 9.47 Å². The average Bonchev–Trinajstić information content (AvgIpc) is 3.14. The number of hydrogen-bond donors (Lipinski definition) is 0. The largest absolute Gasteiger partial charge is 0.486 e. The van der Waals surface area contributed by atoms with Gasteiger partial charge in [0.2, 0.25) is 5.78 Å². The Morgan fingerprint density at radius 2 is 1.86 bits per heavy atom. The smallest absolute Gasteiger partial charge is 0.340 e. The predicted octanol–water partition coefficient (Wildman–Crippen LogP) is 2.09. The van der Waals surface area contributed by atoms with Gasteiger partial charge in [0.25, 0.3) is 10.0 Å². The van der Waals surface area contributed by atoms with Crippen molar-refractivity contribution in [1.29, 1.82) is 0 Å². The van der Waals surface area contributed by atoms with Crippen LogP contribution in [0.4, 0.5) is 0 Å². The lowest BCUT2D eigenvalue weighted by molar-refractivity contribution is -0.137. The van der Waals surface area contributed by atoms with Crippen molar-refractivity contribution in [2.45, 2.75) is 13.8 Å². The van der Waals surface area contributed by atoms with Crippen molar-refractivity contribution in [3.05, 3.63) is 65.1 Å². The summed E-state index contributed by atoms with van der Waals surface area (Å²) in [4.78, 5) is 27.0. The highest BCUT2D eigenvalue weighted by molar-refractivity contribution is 7.90. The van der Waals surface area contributed by atoms with Crippen LogP contribution < -0.4 is 9.47 Å². The molecule has 0 unspecified atom stereocenters. The Bertz CT molecular complexity index is 1430. The van der Waals surface area contributed by atoms with Crippen molar-refractivity contribution in [2.75, 3.05) is 32.1 Å². The standard InChI is InChI=1S/C24H23N3O7S/c1-15-11-19(16(2)27(15)18-4-5-21-22(12-18)33-9-8-32-21)20(28)14-34-24(29)17-3-6-23-25-35(30,31)10-7-26(23)13-17/h3-6,11-13H,7-10,14H2,1-2H3. The second-order valence-corrected chi connectivity index (χ2v) is 10.0. The SMILES string of the molecule is Cc1cc(C(=O)COC(=O)C2=CN3CCS(=O)(=O)N=C3C=C2)c(C)n1-c1ccc2c(c1)OCCO2. The number of hydrogen-bond acceptors (Lipinski definition) is 8. The Kier molecular flexibility index (Phi) is 5.72. The van der Waals surface area contributed by atoms with Crippen molar-refractivity contribution in [3.8, 4) is 17.2 Å². The predicted molar refractivity (Wildman–Crippen MR) is 127 cm³/mol. The van der Waals surface area contributed by atoms with Crippen LogP contribution in [-0.2, 0) is 19.6 Å². The quantitative estimate of drug-likeness (QED) is 0.455. The van der Waals surface area contributed by atoms with E-state index in [1.807, 2.05) is 36.6 Å². The molecule has 182 valence electrons. The number of aryl methyl sites for hydroxylation is 1. The average molecular weight is 498 g/mol. The highest BCUT2D eigenvalue weighted by atomic mass is 32.2. The van der Waals surface area contributed by atoms with Crippen LogP contribution in [0.15, 0.2) is 52.6 Å². The number of ether oxygens (including phenoxy) is 3. The molecule has 0 aliphatic carbocycles. The van der Waals surface area contributed by atoms with Gasteiger partial charge in [-0.05, 0) is 44.2 Å². The summed E-state index contributed by atoms with van der Waals surface area (Å²) in [5.41, 5.74) is 3.05. The summed E-state index contributed by atoms with van der Waals surface area (Å²) in [5, 5.41) is 0. The lowest BCUT2D eigenvalue weighted by Gasteiger charge is -2.26. The van der Waals surface area contributed by atoms with Crippen LogP contribution in [0.2, 0.25) is 0 Å². The normalized spacial score (nSPS) is 17.8. The van der Waals surface area contributed by atoms with Crippen molar-refractivity contribution in [2.24, 2.45) is 4.40 Å². The minimum Gasteiger partial charge on any atom is -0.486 e. The molecule has 0 saturated carbocycles. The Balaban J connectivity index is 1.29. The molecule has 3 aliphatic heterocycles. The van der Waals surface area contributed by atoms with Gasteiger partial charge in [0.15, 0.2) is 18.1 Å². The summed E-state index contributed by atoms with van der Waals surface area (Å²) in [6.45, 7) is 4.47. The number of nitrogens with zero attached hydrogens (tertiary/aromatic N) is 3. The van der Waals surface area contributed by atoms with Gasteiger partial charge in [0, 0.05) is 41.4 Å². The Morgan fingerprint density at radius 3 is 2.66 bits per heavy atom. The molecule has 5 rings (SSSR count). The third kappa shape index (κ3) is 4.46. The Hall–Kier alpha value is -3.86. The fraction of sp³-hybridized carbons (Fsp3) is 0.292. The molecule has 10 nitrogen and oxygen atoms in total. The third-order valence-electron chi connectivity index (χ3n) is 5.91. The second-order valence-electron chi connectivity index (χ2n) is 8.29. The fourth-order valence-electron chi connectivity index (χ4n) is 4.23. The third-order valence-corrected chi connectivity index (χ3v) is 7.07. The number of benzene rings is 1. The van der Waals surface area contributed by atoms with E-state index in [1.54, 1.807) is 11.0 Å². The first-order valence-corrected chi connectivity index (χ1v) is 12.6. The Labute approximate surface area is 202 Å². The zero-order valence-corrected chi connectivity index (χ0v) is 20.0. The van der Waals surface area contributed by atoms with Crippen LogP contribution in [0.5, 0.6) is 11.5 Å². The molecule has 0 bridgehead atoms. The van der Waals surface area contributed by atoms with E-state index >= 15 is 0 Å². The highest BCUT2D eigenvalue weighted by Gasteiger charge is 2.26. The summed E-state index contributed by atoms with van der Waals surface area (Å²) >= 11 is 0. The monoisotopic (exact) mass is 497 g/mol. The lowest BCUT2D eigenvalue weighted by atomic mass is 10.1. The van der Waals surface area contributed by atoms with Crippen LogP contribution in [0.3, 0.4) is 0 Å². The van der Waals surface area contributed by atoms with Gasteiger partial charge in [-0.3, -0.25) is 4.79 Å². The van der Waals surface area contributed by atoms with E-state index in [9.17, 15) is 18.0 Å². The van der Waals surface area contributed by atoms with Gasteiger partial charge in [-0.25, -0.2) is 13.2 Å². The van der Waals surface area contributed by atoms with E-state index in [0.29, 0.717) is 36.0 Å². The van der Waals surface area contributed by atoms with Gasteiger partial charge in [-0.15, -0.1) is 4.40 Å². The first-order chi connectivity index (χ1) is 16.7. The molecule has 0 atom stereocenters. The van der Waals surface area contributed by atoms with Gasteiger partial charge in [0.05, 0.1) is 11.3 Å². The number of sulfonamides is 1. The fourth-order valence-corrected chi connectivity index (χ4v) is 5.20. The minimum atomic E-state index is -3.48. The molecule has 0 radical (unpaired) electrons. The summed E-state index contributed by atoms with van der Waals surface area (Å²) in [7, 11) is -3.48. The van der Waals surface area contributed by atoms with E-state index in [2.05, 4.69) is 4.40 Å². The van der Waals surface area contributed by atoms with Crippen molar-refractivity contribution in [3.63, 3.8) is 0 Å². The number of fused-ring (bicyclic) bond motifs is 2. The number of ketones is 1. The molecule has 11 heteroatoms. The zero-order valence-electron chi connectivity index (χ0n) is 19.2. The number of esters is 1. The summed E-state index contributed by atoms with van der Waals surface area (Å²) in [6, 6.07) is 7.37. The molecule has 1 aromatic carbocycles. The van der Waals surface area contributed by atoms with E-state index in [0.717, 1.165) is 11.4 Å². The maximum absolute atomic E-state index is 12.9. The van der Waals surface area contributed by atoms with Gasteiger partial charge >= 0.3 is 5.97 Å². The number of carbonyl (C=O) groups excluding carboxylic acids is 2. The number of amidine groups is 1. The molecule has 0 amide bonds. The van der Waals surface area contributed by atoms with E-state index in [-0.39, 0.29) is 29.5 Å². The number of rotatable bonds is 5. The summed E-state index contributed by atoms with van der Waals surface area (Å²) in [5.74, 6) is 0.429. The zero-order chi connectivity index (χ0) is 24.7. The molecule has 4 heterocycles. The molecule has 3 aliphatic rings. The first kappa shape index (κ1) is 22.9. The molecule has 0 spiro atoms. The van der Waals surface area contributed by atoms with Gasteiger partial charge in [-0.1, -0.05) is 0 Å². The molecule has 1 aromatic heterocycles. The highest BCUT2D eigenvalue weighted by Crippen LogP contribution is 2.33. The molecular weight excluding hydrogens is 474 g/mol. The van der Waals surface area contributed by atoms with Crippen LogP contribution in [0.25, 0.3) is 5.69 Å². The minimum absolute atomic E-state index is 0.138. The van der Waals surface area contributed by atoms with Crippen molar-refractivity contribution >= 4 is 27.6 Å². The van der Waals surface area contributed by atoms with Crippen LogP contribution in [-0.4, -0.2) is 67.6 Å². The maximum Gasteiger partial charge on any atom is 0.340 e. The van der Waals surface area contributed by atoms with E-state index in [4.69, 9.17) is 14.2 Å². The number of Topliss-reactive ketones (excluding diaryl/α,β-unsaturated/α-hetero) is 1. The summed E-state index contributed by atoms with van der Waals surface area (Å²) < 4.78 is 45.4. The molecule has 2 aromatic rings. The molecule has 35 heavy (non-hydrogen) atoms. The number of aromatic nitrogens is 1. The molecule has 0 N–H and O–H groups in total. The molecule has 0 saturated heterocycles. The topological polar surface area (TPSA) is 116 Å². The summed E-state index contributed by atoms with van der Waals surface area (Å²) in [6.07, 6.45) is 4.35. The first-order valence-electron chi connectivity index (χ1n) is 11.0. The lowest BCUT2D eigenvalue weighted by Crippen LogP contribution is -2.37. The van der Waals surface area contributed by atoms with Gasteiger partial charge in [0.1, 0.15) is 19.0 Å². The van der Waals surface area contributed by atoms with Crippen LogP contribution >= 0.6 is 0 Å². The van der Waals surface area contributed by atoms with Crippen LogP contribution in [0, 0.1) is 13.8 Å². The molecule has 0 fully saturated rings. The molecular formula is C24H23N3O7S. The van der Waals surface area contributed by atoms with E-state index < -0.39 is 22.6 Å². The maximum atomic E-state index is 12.9. The van der Waals surface area contributed by atoms with Crippen molar-refractivity contribution < 1.29 is 32.2 Å². The second kappa shape index (κ2) is 8.73. The van der Waals surface area contributed by atoms with Crippen LogP contribution in [0.1, 0.15) is 21.7 Å². The number of carbonyl (C=O) groups is 2.